The molecule has 1 aromatic carbocycles. The lowest BCUT2D eigenvalue weighted by Gasteiger charge is -2.22. The van der Waals surface area contributed by atoms with Gasteiger partial charge in [-0.3, -0.25) is 0 Å². The van der Waals surface area contributed by atoms with E-state index in [1.54, 1.807) is 6.07 Å². The predicted molar refractivity (Wildman–Crippen MR) is 77.8 cm³/mol. The number of likely N-dealkylation sites (tertiary alicyclic amines) is 1. The molecule has 2 rings (SSSR count). The molecular weight excluding hydrogens is 277 g/mol. The van der Waals surface area contributed by atoms with E-state index in [2.05, 4.69) is 18.7 Å². The molecule has 1 heterocycles. The van der Waals surface area contributed by atoms with Crippen molar-refractivity contribution < 1.29 is 13.2 Å². The zero-order valence-electron chi connectivity index (χ0n) is 12.5. The normalized spacial score (nSPS) is 22.0. The van der Waals surface area contributed by atoms with E-state index in [0.717, 1.165) is 25.6 Å². The molecule has 21 heavy (non-hydrogen) atoms. The van der Waals surface area contributed by atoms with Crippen LogP contribution in [0.15, 0.2) is 24.3 Å². The van der Waals surface area contributed by atoms with Crippen LogP contribution >= 0.6 is 0 Å². The Morgan fingerprint density at radius 2 is 2.05 bits per heavy atom. The first-order valence-electron chi connectivity index (χ1n) is 7.42. The minimum Gasteiger partial charge on any atom is -0.323 e. The van der Waals surface area contributed by atoms with E-state index >= 15 is 0 Å². The van der Waals surface area contributed by atoms with E-state index in [9.17, 15) is 13.2 Å². The summed E-state index contributed by atoms with van der Waals surface area (Å²) in [6.07, 6.45) is -3.17. The van der Waals surface area contributed by atoms with Crippen LogP contribution in [0.4, 0.5) is 13.2 Å². The van der Waals surface area contributed by atoms with Crippen molar-refractivity contribution >= 4 is 0 Å². The largest absolute Gasteiger partial charge is 0.416 e. The average molecular weight is 300 g/mol. The fourth-order valence-electron chi connectivity index (χ4n) is 2.90. The van der Waals surface area contributed by atoms with Crippen molar-refractivity contribution in [2.45, 2.75) is 32.5 Å². The highest BCUT2D eigenvalue weighted by molar-refractivity contribution is 5.28. The SMILES string of the molecule is CC(C)C1CCN(CC(N)c2cccc(C(F)(F)F)c2)C1. The lowest BCUT2D eigenvalue weighted by molar-refractivity contribution is -0.137. The molecule has 0 radical (unpaired) electrons. The highest BCUT2D eigenvalue weighted by Crippen LogP contribution is 2.31. The molecule has 0 amide bonds. The maximum Gasteiger partial charge on any atom is 0.416 e. The number of nitrogens with two attached hydrogens (primary N) is 1. The topological polar surface area (TPSA) is 29.3 Å². The third-order valence-electron chi connectivity index (χ3n) is 4.35. The number of benzene rings is 1. The first kappa shape index (κ1) is 16.3. The summed E-state index contributed by atoms with van der Waals surface area (Å²) in [6.45, 7) is 7.01. The van der Waals surface area contributed by atoms with Gasteiger partial charge in [0, 0.05) is 19.1 Å². The van der Waals surface area contributed by atoms with Gasteiger partial charge >= 0.3 is 6.18 Å². The predicted octanol–water partition coefficient (Wildman–Crippen LogP) is 3.68. The molecule has 1 aliphatic rings. The Morgan fingerprint density at radius 1 is 1.33 bits per heavy atom. The molecule has 1 aliphatic heterocycles. The Hall–Kier alpha value is -1.07. The van der Waals surface area contributed by atoms with Gasteiger partial charge in [-0.2, -0.15) is 13.2 Å². The number of rotatable bonds is 4. The summed E-state index contributed by atoms with van der Waals surface area (Å²) in [5.74, 6) is 1.30. The van der Waals surface area contributed by atoms with Crippen molar-refractivity contribution in [1.82, 2.24) is 4.90 Å². The number of alkyl halides is 3. The molecule has 5 heteroatoms. The second kappa shape index (κ2) is 6.36. The van der Waals surface area contributed by atoms with Gasteiger partial charge in [0.15, 0.2) is 0 Å². The molecule has 0 saturated carbocycles. The summed E-state index contributed by atoms with van der Waals surface area (Å²) in [7, 11) is 0. The quantitative estimate of drug-likeness (QED) is 0.919. The van der Waals surface area contributed by atoms with Crippen LogP contribution in [0.25, 0.3) is 0 Å². The molecule has 2 unspecified atom stereocenters. The van der Waals surface area contributed by atoms with Gasteiger partial charge < -0.3 is 10.6 Å². The van der Waals surface area contributed by atoms with Crippen molar-refractivity contribution in [2.75, 3.05) is 19.6 Å². The lowest BCUT2D eigenvalue weighted by atomic mass is 9.95. The van der Waals surface area contributed by atoms with Gasteiger partial charge in [-0.15, -0.1) is 0 Å². The van der Waals surface area contributed by atoms with Crippen LogP contribution in [0.2, 0.25) is 0 Å². The van der Waals surface area contributed by atoms with Gasteiger partial charge in [-0.25, -0.2) is 0 Å². The lowest BCUT2D eigenvalue weighted by Crippen LogP contribution is -2.31. The van der Waals surface area contributed by atoms with E-state index in [1.807, 2.05) is 0 Å². The van der Waals surface area contributed by atoms with Crippen LogP contribution in [0.5, 0.6) is 0 Å². The summed E-state index contributed by atoms with van der Waals surface area (Å²) < 4.78 is 38.2. The van der Waals surface area contributed by atoms with Crippen molar-refractivity contribution in [3.05, 3.63) is 35.4 Å². The Morgan fingerprint density at radius 3 is 2.62 bits per heavy atom. The highest BCUT2D eigenvalue weighted by Gasteiger charge is 2.31. The van der Waals surface area contributed by atoms with Crippen LogP contribution in [0, 0.1) is 11.8 Å². The second-order valence-corrected chi connectivity index (χ2v) is 6.28. The van der Waals surface area contributed by atoms with Gasteiger partial charge in [0.25, 0.3) is 0 Å². The molecule has 1 aromatic rings. The van der Waals surface area contributed by atoms with E-state index in [4.69, 9.17) is 5.73 Å². The highest BCUT2D eigenvalue weighted by atomic mass is 19.4. The summed E-state index contributed by atoms with van der Waals surface area (Å²) >= 11 is 0. The molecule has 2 nitrogen and oxygen atoms in total. The van der Waals surface area contributed by atoms with Gasteiger partial charge in [-0.05, 0) is 42.5 Å². The molecule has 0 aromatic heterocycles. The molecule has 1 fully saturated rings. The summed E-state index contributed by atoms with van der Waals surface area (Å²) in [6, 6.07) is 4.98. The van der Waals surface area contributed by atoms with E-state index in [1.165, 1.54) is 12.1 Å². The molecule has 0 aliphatic carbocycles. The van der Waals surface area contributed by atoms with Crippen LogP contribution < -0.4 is 5.73 Å². The molecule has 0 spiro atoms. The first-order valence-corrected chi connectivity index (χ1v) is 7.42. The minimum atomic E-state index is -4.31. The fraction of sp³-hybridized carbons (Fsp3) is 0.625. The second-order valence-electron chi connectivity index (χ2n) is 6.28. The molecule has 1 saturated heterocycles. The Labute approximate surface area is 124 Å². The number of nitrogens with zero attached hydrogens (tertiary/aromatic N) is 1. The zero-order chi connectivity index (χ0) is 15.6. The van der Waals surface area contributed by atoms with E-state index in [-0.39, 0.29) is 6.04 Å². The van der Waals surface area contributed by atoms with Gasteiger partial charge in [-0.1, -0.05) is 26.0 Å². The van der Waals surface area contributed by atoms with Crippen molar-refractivity contribution in [3.63, 3.8) is 0 Å². The Balaban J connectivity index is 1.99. The van der Waals surface area contributed by atoms with Crippen molar-refractivity contribution in [1.29, 1.82) is 0 Å². The van der Waals surface area contributed by atoms with Crippen LogP contribution in [-0.4, -0.2) is 24.5 Å². The fourth-order valence-corrected chi connectivity index (χ4v) is 2.90. The Bertz CT molecular complexity index is 471. The summed E-state index contributed by atoms with van der Waals surface area (Å²) in [5.41, 5.74) is 6.03. The molecule has 2 atom stereocenters. The number of halogens is 3. The average Bonchev–Trinajstić information content (AvgIpc) is 2.86. The molecular formula is C16H23F3N2. The maximum absolute atomic E-state index is 12.7. The molecule has 2 N–H and O–H groups in total. The minimum absolute atomic E-state index is 0.377. The summed E-state index contributed by atoms with van der Waals surface area (Å²) in [5, 5.41) is 0. The third kappa shape index (κ3) is 4.20. The standard InChI is InChI=1S/C16H23F3N2/c1-11(2)13-6-7-21(9-13)10-15(20)12-4-3-5-14(8-12)16(17,18)19/h3-5,8,11,13,15H,6-7,9-10,20H2,1-2H3. The molecule has 118 valence electrons. The van der Waals surface area contributed by atoms with Gasteiger partial charge in [0.2, 0.25) is 0 Å². The number of hydrogen-bond donors (Lipinski definition) is 1. The smallest absolute Gasteiger partial charge is 0.323 e. The third-order valence-corrected chi connectivity index (χ3v) is 4.35. The van der Waals surface area contributed by atoms with Crippen LogP contribution in [0.1, 0.15) is 37.4 Å². The zero-order valence-corrected chi connectivity index (χ0v) is 12.5. The van der Waals surface area contributed by atoms with E-state index in [0.29, 0.717) is 23.9 Å². The van der Waals surface area contributed by atoms with Gasteiger partial charge in [0.1, 0.15) is 0 Å². The number of hydrogen-bond acceptors (Lipinski definition) is 2. The van der Waals surface area contributed by atoms with Crippen molar-refractivity contribution in [2.24, 2.45) is 17.6 Å². The van der Waals surface area contributed by atoms with Crippen LogP contribution in [-0.2, 0) is 6.18 Å². The Kier molecular flexibility index (Phi) is 4.94. The monoisotopic (exact) mass is 300 g/mol. The first-order chi connectivity index (χ1) is 9.77. The van der Waals surface area contributed by atoms with E-state index < -0.39 is 11.7 Å². The van der Waals surface area contributed by atoms with Gasteiger partial charge in [0.05, 0.1) is 5.56 Å². The maximum atomic E-state index is 12.7. The molecule has 0 bridgehead atoms. The van der Waals surface area contributed by atoms with Crippen molar-refractivity contribution in [3.8, 4) is 0 Å². The van der Waals surface area contributed by atoms with Crippen LogP contribution in [0.3, 0.4) is 0 Å². The summed E-state index contributed by atoms with van der Waals surface area (Å²) in [4.78, 5) is 2.26.